The molecule has 184 valence electrons. The second kappa shape index (κ2) is 10.5. The first-order chi connectivity index (χ1) is 17.1. The van der Waals surface area contributed by atoms with Crippen LogP contribution in [0.25, 0.3) is 0 Å². The number of amides is 1. The van der Waals surface area contributed by atoms with Crippen LogP contribution in [-0.4, -0.2) is 58.9 Å². The van der Waals surface area contributed by atoms with Gasteiger partial charge in [0.25, 0.3) is 0 Å². The van der Waals surface area contributed by atoms with Gasteiger partial charge in [-0.25, -0.2) is 9.97 Å². The molecule has 0 atom stereocenters. The maximum Gasteiger partial charge on any atom is 0.227 e. The Morgan fingerprint density at radius 2 is 1.97 bits per heavy atom. The molecule has 3 heterocycles. The van der Waals surface area contributed by atoms with Crippen molar-refractivity contribution in [1.29, 1.82) is 0 Å². The number of H-pyrrole nitrogens is 1. The Morgan fingerprint density at radius 1 is 1.20 bits per heavy atom. The van der Waals surface area contributed by atoms with E-state index in [1.807, 2.05) is 44.2 Å². The first-order valence-corrected chi connectivity index (χ1v) is 12.8. The zero-order valence-corrected chi connectivity index (χ0v) is 20.7. The van der Waals surface area contributed by atoms with E-state index in [0.29, 0.717) is 29.1 Å². The molecular weight excluding hydrogens is 464 g/mol. The number of nitrogens with zero attached hydrogens (tertiary/aromatic N) is 4. The Labute approximate surface area is 208 Å². The van der Waals surface area contributed by atoms with Gasteiger partial charge in [0.05, 0.1) is 6.61 Å². The van der Waals surface area contributed by atoms with Crippen LogP contribution < -0.4 is 25.6 Å². The molecule has 10 nitrogen and oxygen atoms in total. The van der Waals surface area contributed by atoms with Gasteiger partial charge in [-0.1, -0.05) is 0 Å². The highest BCUT2D eigenvalue weighted by Crippen LogP contribution is 2.38. The number of benzene rings is 1. The maximum absolute atomic E-state index is 12.0. The minimum absolute atomic E-state index is 0.102. The average molecular weight is 495 g/mol. The van der Waals surface area contributed by atoms with E-state index in [9.17, 15) is 4.79 Å². The highest BCUT2D eigenvalue weighted by molar-refractivity contribution is 7.99. The number of carbonyl (C=O) groups excluding carboxylic acids is 1. The minimum atomic E-state index is 0.102. The van der Waals surface area contributed by atoms with E-state index < -0.39 is 0 Å². The predicted molar refractivity (Wildman–Crippen MR) is 137 cm³/mol. The summed E-state index contributed by atoms with van der Waals surface area (Å²) >= 11 is 1.47. The number of piperazine rings is 1. The topological polar surface area (TPSA) is 120 Å². The first-order valence-electron chi connectivity index (χ1n) is 12.0. The molecule has 2 aromatic heterocycles. The first kappa shape index (κ1) is 23.4. The highest BCUT2D eigenvalue weighted by atomic mass is 32.2. The second-order valence-corrected chi connectivity index (χ2v) is 9.67. The molecule has 0 bridgehead atoms. The van der Waals surface area contributed by atoms with Crippen molar-refractivity contribution in [3.8, 4) is 5.75 Å². The Kier molecular flexibility index (Phi) is 7.05. The molecule has 1 saturated heterocycles. The van der Waals surface area contributed by atoms with Gasteiger partial charge in [0.2, 0.25) is 11.7 Å². The van der Waals surface area contributed by atoms with Gasteiger partial charge in [-0.3, -0.25) is 9.89 Å². The Balaban J connectivity index is 1.43. The molecule has 3 aromatic rings. The van der Waals surface area contributed by atoms with Gasteiger partial charge in [0, 0.05) is 54.4 Å². The molecule has 0 radical (unpaired) electrons. The third-order valence-electron chi connectivity index (χ3n) is 5.76. The number of ether oxygens (including phenoxy) is 1. The monoisotopic (exact) mass is 494 g/mol. The zero-order chi connectivity index (χ0) is 24.2. The molecule has 2 aliphatic rings. The summed E-state index contributed by atoms with van der Waals surface area (Å²) in [6, 6.07) is 9.70. The molecule has 0 unspecified atom stereocenters. The molecule has 1 aromatic carbocycles. The summed E-state index contributed by atoms with van der Waals surface area (Å²) in [5.74, 6) is 2.92. The van der Waals surface area contributed by atoms with Crippen LogP contribution in [0, 0.1) is 12.8 Å². The Hall–Kier alpha value is -3.31. The lowest BCUT2D eigenvalue weighted by Crippen LogP contribution is -2.44. The number of aromatic nitrogens is 4. The average Bonchev–Trinajstić information content (AvgIpc) is 3.64. The lowest BCUT2D eigenvalue weighted by Gasteiger charge is -2.30. The fourth-order valence-corrected chi connectivity index (χ4v) is 4.57. The second-order valence-electron chi connectivity index (χ2n) is 8.63. The largest absolute Gasteiger partial charge is 0.487 e. The molecule has 11 heteroatoms. The lowest BCUT2D eigenvalue weighted by atomic mass is 10.3. The van der Waals surface area contributed by atoms with Crippen molar-refractivity contribution < 1.29 is 9.53 Å². The van der Waals surface area contributed by atoms with Crippen molar-refractivity contribution in [2.75, 3.05) is 48.3 Å². The molecule has 1 aliphatic heterocycles. The van der Waals surface area contributed by atoms with E-state index in [2.05, 4.69) is 31.0 Å². The van der Waals surface area contributed by atoms with Crippen LogP contribution in [0.1, 0.15) is 25.5 Å². The van der Waals surface area contributed by atoms with Gasteiger partial charge >= 0.3 is 0 Å². The molecule has 35 heavy (non-hydrogen) atoms. The van der Waals surface area contributed by atoms with E-state index in [1.165, 1.54) is 11.8 Å². The zero-order valence-electron chi connectivity index (χ0n) is 19.9. The van der Waals surface area contributed by atoms with Crippen molar-refractivity contribution in [2.24, 2.45) is 5.92 Å². The Morgan fingerprint density at radius 3 is 2.63 bits per heavy atom. The van der Waals surface area contributed by atoms with Crippen LogP contribution in [0.3, 0.4) is 0 Å². The summed E-state index contributed by atoms with van der Waals surface area (Å²) in [7, 11) is 0. The quantitative estimate of drug-likeness (QED) is 0.331. The minimum Gasteiger partial charge on any atom is -0.487 e. The van der Waals surface area contributed by atoms with E-state index in [-0.39, 0.29) is 11.8 Å². The van der Waals surface area contributed by atoms with Gasteiger partial charge < -0.3 is 25.6 Å². The molecule has 1 amide bonds. The number of carbonyl (C=O) groups is 1. The number of aryl methyl sites for hydroxylation is 1. The molecular formula is C24H30N8O2S. The normalized spacial score (nSPS) is 15.7. The molecule has 5 rings (SSSR count). The third kappa shape index (κ3) is 5.85. The third-order valence-corrected chi connectivity index (χ3v) is 6.64. The van der Waals surface area contributed by atoms with Gasteiger partial charge in [-0.15, -0.1) is 0 Å². The van der Waals surface area contributed by atoms with Gasteiger partial charge in [0.15, 0.2) is 22.6 Å². The van der Waals surface area contributed by atoms with E-state index in [1.54, 1.807) is 0 Å². The van der Waals surface area contributed by atoms with Crippen LogP contribution in [0.4, 0.5) is 23.1 Å². The number of hydrogen-bond acceptors (Lipinski definition) is 9. The number of anilines is 4. The highest BCUT2D eigenvalue weighted by Gasteiger charge is 2.29. The summed E-state index contributed by atoms with van der Waals surface area (Å²) in [5.41, 5.74) is 1.75. The van der Waals surface area contributed by atoms with Crippen molar-refractivity contribution >= 4 is 40.8 Å². The van der Waals surface area contributed by atoms with Crippen LogP contribution in [0.15, 0.2) is 40.4 Å². The number of aromatic amines is 1. The predicted octanol–water partition coefficient (Wildman–Crippen LogP) is 3.56. The molecule has 2 fully saturated rings. The SMILES string of the molecule is CCOc1c(Nc2cc(C)[nH]n2)nc(Sc2ccc(NC(=O)C3CC3)cc2)nc1N1CCNCC1. The Bertz CT molecular complexity index is 1170. The van der Waals surface area contributed by atoms with Crippen LogP contribution >= 0.6 is 11.8 Å². The van der Waals surface area contributed by atoms with Gasteiger partial charge in [-0.2, -0.15) is 5.10 Å². The molecule has 1 saturated carbocycles. The van der Waals surface area contributed by atoms with Crippen LogP contribution in [0.5, 0.6) is 5.75 Å². The standard InChI is InChI=1S/C24H30N8O2S/c1-3-34-20-21(27-19-14-15(2)30-31-19)28-24(29-22(20)32-12-10-25-11-13-32)35-18-8-6-17(7-9-18)26-23(33)16-4-5-16/h6-9,14,16,25H,3-5,10-13H2,1-2H3,(H,26,33)(H2,27,28,29,30,31). The van der Waals surface area contributed by atoms with Crippen molar-refractivity contribution in [3.63, 3.8) is 0 Å². The number of nitrogens with one attached hydrogen (secondary N) is 4. The van der Waals surface area contributed by atoms with Crippen molar-refractivity contribution in [3.05, 3.63) is 36.0 Å². The van der Waals surface area contributed by atoms with E-state index in [0.717, 1.165) is 61.1 Å². The van der Waals surface area contributed by atoms with E-state index in [4.69, 9.17) is 14.7 Å². The summed E-state index contributed by atoms with van der Waals surface area (Å²) in [6.45, 7) is 7.83. The van der Waals surface area contributed by atoms with Crippen molar-refractivity contribution in [1.82, 2.24) is 25.5 Å². The number of rotatable bonds is 9. The number of hydrogen-bond donors (Lipinski definition) is 4. The summed E-state index contributed by atoms with van der Waals surface area (Å²) < 4.78 is 6.05. The summed E-state index contributed by atoms with van der Waals surface area (Å²) in [6.07, 6.45) is 1.97. The smallest absolute Gasteiger partial charge is 0.227 e. The van der Waals surface area contributed by atoms with Crippen molar-refractivity contribution in [2.45, 2.75) is 36.7 Å². The van der Waals surface area contributed by atoms with E-state index >= 15 is 0 Å². The fraction of sp³-hybridized carbons (Fsp3) is 0.417. The van der Waals surface area contributed by atoms with Gasteiger partial charge in [0.1, 0.15) is 0 Å². The molecule has 4 N–H and O–H groups in total. The fourth-order valence-electron chi connectivity index (χ4n) is 3.82. The molecule has 1 aliphatic carbocycles. The lowest BCUT2D eigenvalue weighted by molar-refractivity contribution is -0.117. The van der Waals surface area contributed by atoms with Gasteiger partial charge in [-0.05, 0) is 62.7 Å². The maximum atomic E-state index is 12.0. The summed E-state index contributed by atoms with van der Waals surface area (Å²) in [4.78, 5) is 25.0. The summed E-state index contributed by atoms with van der Waals surface area (Å²) in [5, 5.41) is 17.5. The van der Waals surface area contributed by atoms with Crippen LogP contribution in [0.2, 0.25) is 0 Å². The molecule has 0 spiro atoms. The van der Waals surface area contributed by atoms with Crippen LogP contribution in [-0.2, 0) is 4.79 Å².